The topological polar surface area (TPSA) is 17.1 Å². The predicted molar refractivity (Wildman–Crippen MR) is 78.6 cm³/mol. The maximum atomic E-state index is 13.2. The molecule has 0 radical (unpaired) electrons. The fourth-order valence-electron chi connectivity index (χ4n) is 1.67. The van der Waals surface area contributed by atoms with Gasteiger partial charge in [-0.25, -0.2) is 4.39 Å². The van der Waals surface area contributed by atoms with Crippen molar-refractivity contribution in [2.45, 2.75) is 6.42 Å². The standard InChI is InChI=1S/C14H8BrCl2FO/c15-13-2-1-12(18)5-8(13)6-14(19)9-3-10(16)7-11(17)4-9/h1-5,7H,6H2. The number of Topliss-reactive ketones (excluding diaryl/α,β-unsaturated/α-hetero) is 1. The Morgan fingerprint density at radius 1 is 1.11 bits per heavy atom. The molecule has 1 nitrogen and oxygen atoms in total. The molecule has 2 aromatic carbocycles. The van der Waals surface area contributed by atoms with Gasteiger partial charge in [-0.2, -0.15) is 0 Å². The van der Waals surface area contributed by atoms with Gasteiger partial charge in [0.05, 0.1) is 0 Å². The second kappa shape index (κ2) is 6.04. The molecule has 0 N–H and O–H groups in total. The highest BCUT2D eigenvalue weighted by Crippen LogP contribution is 2.23. The second-order valence-corrected chi connectivity index (χ2v) is 5.72. The van der Waals surface area contributed by atoms with Crippen LogP contribution in [0.2, 0.25) is 10.0 Å². The van der Waals surface area contributed by atoms with Crippen molar-refractivity contribution in [2.24, 2.45) is 0 Å². The highest BCUT2D eigenvalue weighted by molar-refractivity contribution is 9.10. The number of carbonyl (C=O) groups is 1. The molecule has 0 spiro atoms. The Balaban J connectivity index is 2.28. The largest absolute Gasteiger partial charge is 0.294 e. The summed E-state index contributed by atoms with van der Waals surface area (Å²) in [4.78, 5) is 12.1. The molecule has 0 heterocycles. The number of hydrogen-bond donors (Lipinski definition) is 0. The lowest BCUT2D eigenvalue weighted by atomic mass is 10.0. The van der Waals surface area contributed by atoms with Crippen molar-refractivity contribution in [1.82, 2.24) is 0 Å². The fourth-order valence-corrected chi connectivity index (χ4v) is 2.58. The summed E-state index contributed by atoms with van der Waals surface area (Å²) < 4.78 is 13.8. The third-order valence-electron chi connectivity index (χ3n) is 2.54. The highest BCUT2D eigenvalue weighted by Gasteiger charge is 2.12. The van der Waals surface area contributed by atoms with E-state index in [2.05, 4.69) is 15.9 Å². The number of rotatable bonds is 3. The van der Waals surface area contributed by atoms with Gasteiger partial charge in [0.15, 0.2) is 5.78 Å². The Morgan fingerprint density at radius 3 is 2.37 bits per heavy atom. The van der Waals surface area contributed by atoms with Crippen LogP contribution in [-0.2, 0) is 6.42 Å². The van der Waals surface area contributed by atoms with Gasteiger partial charge in [0.25, 0.3) is 0 Å². The molecule has 0 amide bonds. The van der Waals surface area contributed by atoms with E-state index in [4.69, 9.17) is 23.2 Å². The van der Waals surface area contributed by atoms with Gasteiger partial charge >= 0.3 is 0 Å². The summed E-state index contributed by atoms with van der Waals surface area (Å²) in [5, 5.41) is 0.795. The first-order valence-corrected chi connectivity index (χ1v) is 6.94. The minimum absolute atomic E-state index is 0.0784. The minimum Gasteiger partial charge on any atom is -0.294 e. The van der Waals surface area contributed by atoms with Crippen LogP contribution in [0, 0.1) is 5.82 Å². The zero-order valence-electron chi connectivity index (χ0n) is 9.59. The van der Waals surface area contributed by atoms with Crippen LogP contribution in [0.25, 0.3) is 0 Å². The zero-order valence-corrected chi connectivity index (χ0v) is 12.7. The van der Waals surface area contributed by atoms with E-state index in [1.165, 1.54) is 12.1 Å². The third-order valence-corrected chi connectivity index (χ3v) is 3.75. The average Bonchev–Trinajstić information content (AvgIpc) is 2.32. The summed E-state index contributed by atoms with van der Waals surface area (Å²) in [6.07, 6.45) is 0.0784. The van der Waals surface area contributed by atoms with Crippen molar-refractivity contribution in [2.75, 3.05) is 0 Å². The summed E-state index contributed by atoms with van der Waals surface area (Å²) in [6, 6.07) is 8.87. The maximum Gasteiger partial charge on any atom is 0.167 e. The molecule has 98 valence electrons. The van der Waals surface area contributed by atoms with Crippen LogP contribution in [0.3, 0.4) is 0 Å². The summed E-state index contributed by atoms with van der Waals surface area (Å²) in [5.41, 5.74) is 0.995. The number of benzene rings is 2. The molecular weight excluding hydrogens is 354 g/mol. The Kier molecular flexibility index (Phi) is 4.61. The van der Waals surface area contributed by atoms with E-state index in [0.717, 1.165) is 0 Å². The van der Waals surface area contributed by atoms with E-state index >= 15 is 0 Å². The minimum atomic E-state index is -0.380. The van der Waals surface area contributed by atoms with Crippen molar-refractivity contribution >= 4 is 44.9 Å². The Bertz CT molecular complexity index is 623. The smallest absolute Gasteiger partial charge is 0.167 e. The van der Waals surface area contributed by atoms with E-state index in [1.54, 1.807) is 24.3 Å². The number of carbonyl (C=O) groups excluding carboxylic acids is 1. The molecular formula is C14H8BrCl2FO. The van der Waals surface area contributed by atoms with Crippen molar-refractivity contribution in [3.05, 3.63) is 67.9 Å². The van der Waals surface area contributed by atoms with E-state index in [1.807, 2.05) is 0 Å². The van der Waals surface area contributed by atoms with E-state index < -0.39 is 0 Å². The molecule has 0 aliphatic rings. The van der Waals surface area contributed by atoms with Crippen LogP contribution in [0.5, 0.6) is 0 Å². The lowest BCUT2D eigenvalue weighted by molar-refractivity contribution is 0.0993. The fraction of sp³-hybridized carbons (Fsp3) is 0.0714. The lowest BCUT2D eigenvalue weighted by Crippen LogP contribution is -2.04. The molecule has 19 heavy (non-hydrogen) atoms. The van der Waals surface area contributed by atoms with Crippen LogP contribution in [-0.4, -0.2) is 5.78 Å². The Morgan fingerprint density at radius 2 is 1.74 bits per heavy atom. The molecule has 0 bridgehead atoms. The maximum absolute atomic E-state index is 13.2. The van der Waals surface area contributed by atoms with Crippen molar-refractivity contribution in [1.29, 1.82) is 0 Å². The molecule has 0 fully saturated rings. The van der Waals surface area contributed by atoms with Gasteiger partial charge < -0.3 is 0 Å². The Labute approximate surface area is 128 Å². The number of halogens is 4. The quantitative estimate of drug-likeness (QED) is 0.676. The van der Waals surface area contributed by atoms with Gasteiger partial charge in [0.1, 0.15) is 5.82 Å². The van der Waals surface area contributed by atoms with E-state index in [9.17, 15) is 9.18 Å². The molecule has 0 saturated carbocycles. The van der Waals surface area contributed by atoms with Crippen LogP contribution < -0.4 is 0 Å². The molecule has 0 aromatic heterocycles. The monoisotopic (exact) mass is 360 g/mol. The first kappa shape index (κ1) is 14.5. The van der Waals surface area contributed by atoms with Crippen LogP contribution in [0.4, 0.5) is 4.39 Å². The zero-order chi connectivity index (χ0) is 14.0. The summed E-state index contributed by atoms with van der Waals surface area (Å²) in [7, 11) is 0. The second-order valence-electron chi connectivity index (χ2n) is 3.99. The molecule has 0 saturated heterocycles. The first-order chi connectivity index (χ1) is 8.95. The molecule has 2 rings (SSSR count). The van der Waals surface area contributed by atoms with Gasteiger partial charge in [0, 0.05) is 26.5 Å². The summed E-state index contributed by atoms with van der Waals surface area (Å²) in [6.45, 7) is 0. The van der Waals surface area contributed by atoms with Gasteiger partial charge in [-0.15, -0.1) is 0 Å². The van der Waals surface area contributed by atoms with Gasteiger partial charge in [0.2, 0.25) is 0 Å². The molecule has 0 atom stereocenters. The van der Waals surface area contributed by atoms with Crippen molar-refractivity contribution < 1.29 is 9.18 Å². The van der Waals surface area contributed by atoms with Crippen LogP contribution in [0.15, 0.2) is 40.9 Å². The van der Waals surface area contributed by atoms with Crippen LogP contribution >= 0.6 is 39.1 Å². The molecule has 2 aromatic rings. The van der Waals surface area contributed by atoms with E-state index in [0.29, 0.717) is 25.6 Å². The molecule has 0 unspecified atom stereocenters. The summed E-state index contributed by atoms with van der Waals surface area (Å²) >= 11 is 15.0. The van der Waals surface area contributed by atoms with Crippen LogP contribution in [0.1, 0.15) is 15.9 Å². The highest BCUT2D eigenvalue weighted by atomic mass is 79.9. The van der Waals surface area contributed by atoms with Crippen molar-refractivity contribution in [3.8, 4) is 0 Å². The lowest BCUT2D eigenvalue weighted by Gasteiger charge is -2.05. The van der Waals surface area contributed by atoms with Gasteiger partial charge in [-0.3, -0.25) is 4.79 Å². The molecule has 0 aliphatic heterocycles. The van der Waals surface area contributed by atoms with E-state index in [-0.39, 0.29) is 18.0 Å². The average molecular weight is 362 g/mol. The summed E-state index contributed by atoms with van der Waals surface area (Å²) in [5.74, 6) is -0.550. The van der Waals surface area contributed by atoms with Gasteiger partial charge in [-0.1, -0.05) is 39.1 Å². The SMILES string of the molecule is O=C(Cc1cc(F)ccc1Br)c1cc(Cl)cc(Cl)c1. The van der Waals surface area contributed by atoms with Gasteiger partial charge in [-0.05, 0) is 42.0 Å². The van der Waals surface area contributed by atoms with Crippen molar-refractivity contribution in [3.63, 3.8) is 0 Å². The Hall–Kier alpha value is -0.900. The normalized spacial score (nSPS) is 10.5. The first-order valence-electron chi connectivity index (χ1n) is 5.39. The number of hydrogen-bond acceptors (Lipinski definition) is 1. The predicted octanol–water partition coefficient (Wildman–Crippen LogP) is 5.32. The molecule has 0 aliphatic carbocycles. The third kappa shape index (κ3) is 3.78. The number of ketones is 1. The molecule has 5 heteroatoms.